The second kappa shape index (κ2) is 9.05. The van der Waals surface area contributed by atoms with Crippen LogP contribution >= 0.6 is 0 Å². The maximum absolute atomic E-state index is 12.5. The van der Waals surface area contributed by atoms with Gasteiger partial charge in [0.05, 0.1) is 7.11 Å². The molecule has 150 valence electrons. The largest absolute Gasteiger partial charge is 0.497 e. The van der Waals surface area contributed by atoms with Gasteiger partial charge in [0.25, 0.3) is 5.91 Å². The number of nitrogens with one attached hydrogen (secondary N) is 2. The van der Waals surface area contributed by atoms with Crippen LogP contribution in [0.3, 0.4) is 0 Å². The van der Waals surface area contributed by atoms with E-state index in [9.17, 15) is 4.79 Å². The molecule has 2 aromatic carbocycles. The van der Waals surface area contributed by atoms with Gasteiger partial charge in [-0.1, -0.05) is 6.07 Å². The summed E-state index contributed by atoms with van der Waals surface area (Å²) >= 11 is 0. The molecule has 7 heteroatoms. The predicted octanol–water partition coefficient (Wildman–Crippen LogP) is 4.25. The Labute approximate surface area is 170 Å². The summed E-state index contributed by atoms with van der Waals surface area (Å²) in [6.45, 7) is 5.53. The summed E-state index contributed by atoms with van der Waals surface area (Å²) in [5.41, 5.74) is 3.19. The van der Waals surface area contributed by atoms with E-state index in [4.69, 9.17) is 9.47 Å². The summed E-state index contributed by atoms with van der Waals surface area (Å²) < 4.78 is 10.8. The molecular formula is C22H24N4O3. The minimum absolute atomic E-state index is 0.249. The lowest BCUT2D eigenvalue weighted by Crippen LogP contribution is -2.30. The summed E-state index contributed by atoms with van der Waals surface area (Å²) in [5, 5.41) is 6.03. The van der Waals surface area contributed by atoms with Crippen LogP contribution in [0.1, 0.15) is 18.3 Å². The minimum Gasteiger partial charge on any atom is -0.497 e. The van der Waals surface area contributed by atoms with Gasteiger partial charge in [-0.15, -0.1) is 0 Å². The molecule has 2 N–H and O–H groups in total. The van der Waals surface area contributed by atoms with Gasteiger partial charge >= 0.3 is 0 Å². The fourth-order valence-corrected chi connectivity index (χ4v) is 2.74. The zero-order valence-corrected chi connectivity index (χ0v) is 16.9. The Hall–Kier alpha value is -3.61. The number of methoxy groups -OCH3 is 1. The average Bonchev–Trinajstić information content (AvgIpc) is 2.68. The van der Waals surface area contributed by atoms with Crippen LogP contribution in [0, 0.1) is 13.8 Å². The SMILES string of the molecule is COc1ccc(O[C@H](C)C(=O)Nc2cccc(Nc3nc(C)cc(C)n3)c2)cc1. The molecule has 3 aromatic rings. The molecule has 0 fully saturated rings. The number of amides is 1. The van der Waals surface area contributed by atoms with Gasteiger partial charge in [0.2, 0.25) is 5.95 Å². The van der Waals surface area contributed by atoms with Crippen molar-refractivity contribution < 1.29 is 14.3 Å². The van der Waals surface area contributed by atoms with Gasteiger partial charge in [-0.25, -0.2) is 9.97 Å². The predicted molar refractivity (Wildman–Crippen MR) is 113 cm³/mol. The Kier molecular flexibility index (Phi) is 6.29. The number of anilines is 3. The van der Waals surface area contributed by atoms with Gasteiger partial charge in [-0.3, -0.25) is 4.79 Å². The molecule has 0 saturated carbocycles. The first-order valence-electron chi connectivity index (χ1n) is 9.24. The van der Waals surface area contributed by atoms with Gasteiger partial charge < -0.3 is 20.1 Å². The van der Waals surface area contributed by atoms with Crippen molar-refractivity contribution in [2.45, 2.75) is 26.9 Å². The van der Waals surface area contributed by atoms with Gasteiger partial charge in [0.1, 0.15) is 11.5 Å². The van der Waals surface area contributed by atoms with Crippen molar-refractivity contribution in [1.82, 2.24) is 9.97 Å². The Morgan fingerprint density at radius 3 is 2.21 bits per heavy atom. The zero-order chi connectivity index (χ0) is 20.8. The standard InChI is InChI=1S/C22H24N4O3/c1-14-12-15(2)24-22(23-14)26-18-7-5-6-17(13-18)25-21(27)16(3)29-20-10-8-19(28-4)9-11-20/h5-13,16H,1-4H3,(H,25,27)(H,23,24,26)/t16-/m1/s1. The molecule has 0 bridgehead atoms. The molecule has 0 unspecified atom stereocenters. The molecule has 1 atom stereocenters. The highest BCUT2D eigenvalue weighted by molar-refractivity contribution is 5.94. The van der Waals surface area contributed by atoms with Crippen molar-refractivity contribution in [1.29, 1.82) is 0 Å². The highest BCUT2D eigenvalue weighted by Gasteiger charge is 2.15. The second-order valence-electron chi connectivity index (χ2n) is 6.60. The van der Waals surface area contributed by atoms with Crippen molar-refractivity contribution in [3.8, 4) is 11.5 Å². The first-order chi connectivity index (χ1) is 13.9. The number of aromatic nitrogens is 2. The Balaban J connectivity index is 1.63. The van der Waals surface area contributed by atoms with Crippen molar-refractivity contribution in [2.75, 3.05) is 17.7 Å². The summed E-state index contributed by atoms with van der Waals surface area (Å²) in [6, 6.07) is 16.3. The first kappa shape index (κ1) is 20.1. The van der Waals surface area contributed by atoms with E-state index in [0.717, 1.165) is 22.8 Å². The van der Waals surface area contributed by atoms with Crippen LogP contribution in [0.4, 0.5) is 17.3 Å². The number of ether oxygens (including phenoxy) is 2. The maximum Gasteiger partial charge on any atom is 0.265 e. The van der Waals surface area contributed by atoms with Gasteiger partial charge in [0.15, 0.2) is 6.10 Å². The van der Waals surface area contributed by atoms with Crippen LogP contribution in [-0.4, -0.2) is 29.1 Å². The topological polar surface area (TPSA) is 85.4 Å². The molecule has 0 aliphatic carbocycles. The quantitative estimate of drug-likeness (QED) is 0.625. The van der Waals surface area contributed by atoms with E-state index in [1.54, 1.807) is 38.3 Å². The van der Waals surface area contributed by atoms with Crippen LogP contribution in [0.5, 0.6) is 11.5 Å². The number of hydrogen-bond acceptors (Lipinski definition) is 6. The molecule has 29 heavy (non-hydrogen) atoms. The molecule has 1 heterocycles. The number of rotatable bonds is 7. The number of hydrogen-bond donors (Lipinski definition) is 2. The Bertz CT molecular complexity index is 969. The van der Waals surface area contributed by atoms with E-state index in [1.165, 1.54) is 0 Å². The summed E-state index contributed by atoms with van der Waals surface area (Å²) in [5.74, 6) is 1.59. The Morgan fingerprint density at radius 1 is 0.931 bits per heavy atom. The van der Waals surface area contributed by atoms with Gasteiger partial charge in [0, 0.05) is 22.8 Å². The second-order valence-corrected chi connectivity index (χ2v) is 6.60. The molecule has 0 aliphatic heterocycles. The molecule has 0 saturated heterocycles. The van der Waals surface area contributed by atoms with E-state index < -0.39 is 6.10 Å². The summed E-state index contributed by atoms with van der Waals surface area (Å²) in [6.07, 6.45) is -0.664. The molecule has 1 amide bonds. The van der Waals surface area contributed by atoms with Crippen molar-refractivity contribution in [3.63, 3.8) is 0 Å². The van der Waals surface area contributed by atoms with Crippen LogP contribution in [-0.2, 0) is 4.79 Å². The molecule has 0 spiro atoms. The van der Waals surface area contributed by atoms with Crippen molar-refractivity contribution >= 4 is 23.2 Å². The summed E-state index contributed by atoms with van der Waals surface area (Å²) in [7, 11) is 1.60. The number of aryl methyl sites for hydroxylation is 2. The zero-order valence-electron chi connectivity index (χ0n) is 16.9. The van der Waals surface area contributed by atoms with E-state index in [1.807, 2.05) is 44.2 Å². The maximum atomic E-state index is 12.5. The number of carbonyl (C=O) groups excluding carboxylic acids is 1. The lowest BCUT2D eigenvalue weighted by molar-refractivity contribution is -0.122. The molecular weight excluding hydrogens is 368 g/mol. The van der Waals surface area contributed by atoms with Gasteiger partial charge in [-0.2, -0.15) is 0 Å². The highest BCUT2D eigenvalue weighted by atomic mass is 16.5. The number of carbonyl (C=O) groups is 1. The molecule has 0 radical (unpaired) electrons. The molecule has 1 aromatic heterocycles. The van der Waals surface area contributed by atoms with E-state index in [2.05, 4.69) is 20.6 Å². The molecule has 7 nitrogen and oxygen atoms in total. The average molecular weight is 392 g/mol. The molecule has 0 aliphatic rings. The number of nitrogens with zero attached hydrogens (tertiary/aromatic N) is 2. The highest BCUT2D eigenvalue weighted by Crippen LogP contribution is 2.21. The third-order valence-corrected chi connectivity index (χ3v) is 4.11. The minimum atomic E-state index is -0.664. The van der Waals surface area contributed by atoms with Crippen LogP contribution in [0.25, 0.3) is 0 Å². The summed E-state index contributed by atoms with van der Waals surface area (Å²) in [4.78, 5) is 21.2. The van der Waals surface area contributed by atoms with E-state index in [-0.39, 0.29) is 5.91 Å². The third kappa shape index (κ3) is 5.68. The van der Waals surface area contributed by atoms with E-state index >= 15 is 0 Å². The van der Waals surface area contributed by atoms with Crippen LogP contribution in [0.15, 0.2) is 54.6 Å². The van der Waals surface area contributed by atoms with E-state index in [0.29, 0.717) is 17.4 Å². The monoisotopic (exact) mass is 392 g/mol. The Morgan fingerprint density at radius 2 is 1.55 bits per heavy atom. The first-order valence-corrected chi connectivity index (χ1v) is 9.24. The van der Waals surface area contributed by atoms with Crippen molar-refractivity contribution in [2.24, 2.45) is 0 Å². The third-order valence-electron chi connectivity index (χ3n) is 4.11. The fraction of sp³-hybridized carbons (Fsp3) is 0.227. The number of benzene rings is 2. The fourth-order valence-electron chi connectivity index (χ4n) is 2.74. The van der Waals surface area contributed by atoms with Crippen molar-refractivity contribution in [3.05, 3.63) is 66.0 Å². The lowest BCUT2D eigenvalue weighted by atomic mass is 10.2. The lowest BCUT2D eigenvalue weighted by Gasteiger charge is -2.15. The van der Waals surface area contributed by atoms with Gasteiger partial charge in [-0.05, 0) is 69.3 Å². The van der Waals surface area contributed by atoms with Crippen LogP contribution in [0.2, 0.25) is 0 Å². The smallest absolute Gasteiger partial charge is 0.265 e. The van der Waals surface area contributed by atoms with Crippen LogP contribution < -0.4 is 20.1 Å². The molecule has 3 rings (SSSR count). The normalized spacial score (nSPS) is 11.4.